The van der Waals surface area contributed by atoms with Crippen LogP contribution >= 0.6 is 23.6 Å². The third kappa shape index (κ3) is 3.01. The topological polar surface area (TPSA) is 41.6 Å². The van der Waals surface area contributed by atoms with Crippen LogP contribution in [0.3, 0.4) is 0 Å². The highest BCUT2D eigenvalue weighted by atomic mass is 32.1. The number of benzene rings is 1. The van der Waals surface area contributed by atoms with E-state index in [1.54, 1.807) is 11.3 Å². The maximum atomic E-state index is 12.4. The van der Waals surface area contributed by atoms with Crippen molar-refractivity contribution in [2.24, 2.45) is 5.92 Å². The lowest BCUT2D eigenvalue weighted by Crippen LogP contribution is -2.33. The maximum absolute atomic E-state index is 12.4. The van der Waals surface area contributed by atoms with Crippen LogP contribution in [0.1, 0.15) is 39.7 Å². The summed E-state index contributed by atoms with van der Waals surface area (Å²) in [6, 6.07) is 8.33. The minimum atomic E-state index is -0.274. The Labute approximate surface area is 163 Å². The summed E-state index contributed by atoms with van der Waals surface area (Å²) in [4.78, 5) is 15.8. The maximum Gasteiger partial charge on any atom is 0.341 e. The van der Waals surface area contributed by atoms with Crippen molar-refractivity contribution < 1.29 is 9.53 Å². The molecule has 1 atom stereocenters. The molecule has 1 aliphatic heterocycles. The third-order valence-electron chi connectivity index (χ3n) is 5.25. The second-order valence-electron chi connectivity index (χ2n) is 7.01. The zero-order valence-corrected chi connectivity index (χ0v) is 16.6. The van der Waals surface area contributed by atoms with E-state index >= 15 is 0 Å². The van der Waals surface area contributed by atoms with Crippen molar-refractivity contribution >= 4 is 45.3 Å². The fourth-order valence-corrected chi connectivity index (χ4v) is 5.62. The van der Waals surface area contributed by atoms with Crippen molar-refractivity contribution in [1.82, 2.24) is 0 Å². The van der Waals surface area contributed by atoms with Gasteiger partial charge in [-0.15, -0.1) is 11.3 Å². The molecule has 1 N–H and O–H groups in total. The van der Waals surface area contributed by atoms with Gasteiger partial charge in [0.05, 0.1) is 12.7 Å². The summed E-state index contributed by atoms with van der Waals surface area (Å²) >= 11 is 7.34. The number of hydrogen-bond donors (Lipinski definition) is 1. The van der Waals surface area contributed by atoms with Crippen molar-refractivity contribution in [2.75, 3.05) is 23.9 Å². The van der Waals surface area contributed by atoms with E-state index in [1.807, 2.05) is 6.07 Å². The molecular formula is C20H22N2O2S2. The summed E-state index contributed by atoms with van der Waals surface area (Å²) in [6.07, 6.45) is 4.04. The van der Waals surface area contributed by atoms with E-state index < -0.39 is 0 Å². The highest BCUT2D eigenvalue weighted by molar-refractivity contribution is 7.80. The molecule has 0 saturated heterocycles. The number of nitrogens with one attached hydrogen (secondary N) is 1. The van der Waals surface area contributed by atoms with E-state index in [-0.39, 0.29) is 5.97 Å². The molecule has 136 valence electrons. The number of fused-ring (bicyclic) bond motifs is 2. The molecule has 0 radical (unpaired) electrons. The van der Waals surface area contributed by atoms with Crippen molar-refractivity contribution in [3.05, 3.63) is 45.8 Å². The molecule has 0 bridgehead atoms. The Balaban J connectivity index is 1.64. The number of nitrogens with zero attached hydrogens (tertiary/aromatic N) is 1. The molecule has 2 aliphatic rings. The molecule has 0 spiro atoms. The molecule has 4 nitrogen and oxygen atoms in total. The first-order chi connectivity index (χ1) is 12.6. The standard InChI is InChI=1S/C20H22N2O2S2/c1-12-7-8-14-16(11-12)26-18(17(14)19(23)24-2)21-20(25)22-10-9-13-5-3-4-6-15(13)22/h3-6,12H,7-11H2,1-2H3,(H,21,25). The summed E-state index contributed by atoms with van der Waals surface area (Å²) in [7, 11) is 1.44. The van der Waals surface area contributed by atoms with Crippen molar-refractivity contribution in [3.63, 3.8) is 0 Å². The molecule has 2 heterocycles. The zero-order valence-electron chi connectivity index (χ0n) is 15.0. The number of methoxy groups -OCH3 is 1. The van der Waals surface area contributed by atoms with Crippen LogP contribution in [0.4, 0.5) is 10.7 Å². The van der Waals surface area contributed by atoms with Crippen LogP contribution in [0.25, 0.3) is 0 Å². The molecule has 1 aromatic carbocycles. The van der Waals surface area contributed by atoms with Gasteiger partial charge in [0.15, 0.2) is 5.11 Å². The minimum Gasteiger partial charge on any atom is -0.465 e. The number of thiophene rings is 1. The number of para-hydroxylation sites is 1. The third-order valence-corrected chi connectivity index (χ3v) is 6.75. The van der Waals surface area contributed by atoms with Gasteiger partial charge in [-0.2, -0.15) is 0 Å². The Morgan fingerprint density at radius 1 is 1.35 bits per heavy atom. The fourth-order valence-electron chi connectivity index (χ4n) is 3.87. The van der Waals surface area contributed by atoms with Gasteiger partial charge >= 0.3 is 5.97 Å². The van der Waals surface area contributed by atoms with Crippen molar-refractivity contribution in [1.29, 1.82) is 0 Å². The Bertz CT molecular complexity index is 875. The molecule has 1 unspecified atom stereocenters. The summed E-state index contributed by atoms with van der Waals surface area (Å²) in [5.41, 5.74) is 4.28. The lowest BCUT2D eigenvalue weighted by atomic mass is 9.88. The highest BCUT2D eigenvalue weighted by Crippen LogP contribution is 2.40. The monoisotopic (exact) mass is 386 g/mol. The lowest BCUT2D eigenvalue weighted by Gasteiger charge is -2.21. The second-order valence-corrected chi connectivity index (χ2v) is 8.50. The number of carbonyl (C=O) groups excluding carboxylic acids is 1. The van der Waals surface area contributed by atoms with Crippen LogP contribution in [0.15, 0.2) is 24.3 Å². The predicted octanol–water partition coefficient (Wildman–Crippen LogP) is 4.42. The number of carbonyl (C=O) groups is 1. The van der Waals surface area contributed by atoms with Crippen LogP contribution in [0.5, 0.6) is 0 Å². The first-order valence-corrected chi connectivity index (χ1v) is 10.2. The van der Waals surface area contributed by atoms with Crippen LogP contribution in [0.2, 0.25) is 0 Å². The molecule has 4 rings (SSSR count). The normalized spacial score (nSPS) is 18.2. The largest absolute Gasteiger partial charge is 0.465 e. The average Bonchev–Trinajstić information content (AvgIpc) is 3.21. The van der Waals surface area contributed by atoms with Crippen molar-refractivity contribution in [2.45, 2.75) is 32.6 Å². The Kier molecular flexibility index (Phi) is 4.71. The van der Waals surface area contributed by atoms with Crippen LogP contribution in [-0.4, -0.2) is 24.7 Å². The number of esters is 1. The smallest absolute Gasteiger partial charge is 0.341 e. The number of hydrogen-bond acceptors (Lipinski definition) is 4. The zero-order chi connectivity index (χ0) is 18.3. The van der Waals surface area contributed by atoms with Gasteiger partial charge in [-0.3, -0.25) is 0 Å². The van der Waals surface area contributed by atoms with E-state index in [1.165, 1.54) is 17.6 Å². The molecule has 0 fully saturated rings. The molecule has 0 amide bonds. The first-order valence-electron chi connectivity index (χ1n) is 8.97. The number of rotatable bonds is 2. The van der Waals surface area contributed by atoms with Crippen molar-refractivity contribution in [3.8, 4) is 0 Å². The van der Waals surface area contributed by atoms with E-state index in [4.69, 9.17) is 17.0 Å². The highest BCUT2D eigenvalue weighted by Gasteiger charge is 2.30. The van der Waals surface area contributed by atoms with Gasteiger partial charge in [-0.05, 0) is 61.0 Å². The van der Waals surface area contributed by atoms with Gasteiger partial charge in [-0.1, -0.05) is 25.1 Å². The summed E-state index contributed by atoms with van der Waals surface area (Å²) in [5, 5.41) is 4.83. The predicted molar refractivity (Wildman–Crippen MR) is 111 cm³/mol. The Morgan fingerprint density at radius 3 is 2.96 bits per heavy atom. The summed E-state index contributed by atoms with van der Waals surface area (Å²) in [6.45, 7) is 3.13. The quantitative estimate of drug-likeness (QED) is 0.611. The summed E-state index contributed by atoms with van der Waals surface area (Å²) < 4.78 is 5.06. The van der Waals surface area contributed by atoms with Gasteiger partial charge < -0.3 is 15.0 Å². The average molecular weight is 387 g/mol. The molecule has 6 heteroatoms. The molecule has 26 heavy (non-hydrogen) atoms. The first kappa shape index (κ1) is 17.5. The van der Waals surface area contributed by atoms with Crippen LogP contribution in [-0.2, 0) is 24.0 Å². The van der Waals surface area contributed by atoms with E-state index in [0.717, 1.165) is 48.5 Å². The van der Waals surface area contributed by atoms with Gasteiger partial charge in [0, 0.05) is 17.1 Å². The summed E-state index contributed by atoms with van der Waals surface area (Å²) in [5.74, 6) is 0.376. The van der Waals surface area contributed by atoms with Gasteiger partial charge in [0.25, 0.3) is 0 Å². The van der Waals surface area contributed by atoms with Gasteiger partial charge in [-0.25, -0.2) is 4.79 Å². The SMILES string of the molecule is COC(=O)c1c(NC(=S)N2CCc3ccccc32)sc2c1CCC(C)C2. The Hall–Kier alpha value is -1.92. The molecule has 0 saturated carbocycles. The lowest BCUT2D eigenvalue weighted by molar-refractivity contribution is 0.0601. The van der Waals surface area contributed by atoms with Crippen LogP contribution < -0.4 is 10.2 Å². The van der Waals surface area contributed by atoms with Gasteiger partial charge in [0.2, 0.25) is 0 Å². The molecular weight excluding hydrogens is 364 g/mol. The molecule has 2 aromatic rings. The van der Waals surface area contributed by atoms with Gasteiger partial charge in [0.1, 0.15) is 5.00 Å². The minimum absolute atomic E-state index is 0.274. The second kappa shape index (κ2) is 7.00. The van der Waals surface area contributed by atoms with Crippen LogP contribution in [0, 0.1) is 5.92 Å². The van der Waals surface area contributed by atoms with E-state index in [0.29, 0.717) is 16.6 Å². The number of anilines is 2. The molecule has 1 aromatic heterocycles. The van der Waals surface area contributed by atoms with E-state index in [2.05, 4.69) is 35.3 Å². The molecule has 1 aliphatic carbocycles. The fraction of sp³-hybridized carbons (Fsp3) is 0.400. The van der Waals surface area contributed by atoms with E-state index in [9.17, 15) is 4.79 Å². The Morgan fingerprint density at radius 2 is 2.15 bits per heavy atom. The number of ether oxygens (including phenoxy) is 1. The number of thiocarbonyl (C=S) groups is 1.